The molecule has 1 atom stereocenters. The molecule has 0 bridgehead atoms. The molecule has 0 amide bonds. The van der Waals surface area contributed by atoms with Crippen LogP contribution >= 0.6 is 0 Å². The lowest BCUT2D eigenvalue weighted by Crippen LogP contribution is -2.35. The Morgan fingerprint density at radius 1 is 1.31 bits per heavy atom. The van der Waals surface area contributed by atoms with Crippen LogP contribution in [0.5, 0.6) is 0 Å². The lowest BCUT2D eigenvalue weighted by molar-refractivity contribution is 0.284. The van der Waals surface area contributed by atoms with Crippen molar-refractivity contribution >= 4 is 12.7 Å². The predicted octanol–water partition coefficient (Wildman–Crippen LogP) is 0.609. The van der Waals surface area contributed by atoms with Gasteiger partial charge in [-0.2, -0.15) is 0 Å². The van der Waals surface area contributed by atoms with Gasteiger partial charge in [-0.1, -0.05) is 35.8 Å². The Kier molecular flexibility index (Phi) is 4.02. The molecule has 1 unspecified atom stereocenters. The highest BCUT2D eigenvalue weighted by molar-refractivity contribution is 6.53. The number of rotatable bonds is 4. The van der Waals surface area contributed by atoms with Gasteiger partial charge in [0.1, 0.15) is 0 Å². The van der Waals surface area contributed by atoms with Crippen LogP contribution in [0.15, 0.2) is 30.3 Å². The van der Waals surface area contributed by atoms with E-state index < -0.39 is 0 Å². The predicted molar refractivity (Wildman–Crippen MR) is 70.4 cm³/mol. The second-order valence-corrected chi connectivity index (χ2v) is 4.78. The van der Waals surface area contributed by atoms with Crippen molar-refractivity contribution in [1.82, 2.24) is 9.80 Å². The molecule has 1 radical (unpaired) electrons. The fourth-order valence-electron chi connectivity index (χ4n) is 2.22. The highest BCUT2D eigenvalue weighted by atomic mass is 15.2. The van der Waals surface area contributed by atoms with Crippen LogP contribution in [0.25, 0.3) is 0 Å². The van der Waals surface area contributed by atoms with Crippen molar-refractivity contribution in [3.63, 3.8) is 0 Å². The fraction of sp³-hybridized carbons (Fsp3) is 0.538. The molecule has 1 fully saturated rings. The Morgan fingerprint density at radius 2 is 2.06 bits per heavy atom. The molecule has 1 aromatic rings. The monoisotopic (exact) mass is 215 g/mol. The van der Waals surface area contributed by atoms with E-state index >= 15 is 0 Å². The van der Waals surface area contributed by atoms with E-state index in [4.69, 9.17) is 0 Å². The van der Waals surface area contributed by atoms with Crippen molar-refractivity contribution in [3.8, 4) is 0 Å². The van der Waals surface area contributed by atoms with E-state index in [9.17, 15) is 0 Å². The quantitative estimate of drug-likeness (QED) is 0.679. The van der Waals surface area contributed by atoms with E-state index in [-0.39, 0.29) is 0 Å². The minimum absolute atomic E-state index is 0.740. The Hall–Kier alpha value is -0.795. The summed E-state index contributed by atoms with van der Waals surface area (Å²) in [5, 5.41) is 0. The van der Waals surface area contributed by atoms with E-state index in [1.165, 1.54) is 25.0 Å². The zero-order valence-corrected chi connectivity index (χ0v) is 10.3. The van der Waals surface area contributed by atoms with Crippen molar-refractivity contribution in [3.05, 3.63) is 30.3 Å². The maximum Gasteiger partial charge on any atom is 0.169 e. The normalized spacial score (nSPS) is 21.6. The van der Waals surface area contributed by atoms with Crippen molar-refractivity contribution in [2.24, 2.45) is 0 Å². The molecule has 0 aromatic heterocycles. The maximum atomic E-state index is 2.53. The van der Waals surface area contributed by atoms with Crippen LogP contribution in [0.3, 0.4) is 0 Å². The molecule has 0 saturated carbocycles. The van der Waals surface area contributed by atoms with Crippen molar-refractivity contribution in [1.29, 1.82) is 0 Å². The average Bonchev–Trinajstić information content (AvgIpc) is 2.76. The zero-order valence-electron chi connectivity index (χ0n) is 10.3. The summed E-state index contributed by atoms with van der Waals surface area (Å²) in [6, 6.07) is 11.3. The molecule has 85 valence electrons. The van der Waals surface area contributed by atoms with Gasteiger partial charge < -0.3 is 9.80 Å². The summed E-state index contributed by atoms with van der Waals surface area (Å²) in [5.74, 6) is 0. The number of benzene rings is 1. The first-order chi connectivity index (χ1) is 7.75. The number of likely N-dealkylation sites (tertiary alicyclic amines) is 1. The molecule has 16 heavy (non-hydrogen) atoms. The molecular weight excluding hydrogens is 195 g/mol. The third kappa shape index (κ3) is 3.10. The summed E-state index contributed by atoms with van der Waals surface area (Å²) in [7, 11) is 6.67. The van der Waals surface area contributed by atoms with Crippen LogP contribution < -0.4 is 5.46 Å². The van der Waals surface area contributed by atoms with Crippen molar-refractivity contribution in [2.75, 3.05) is 33.6 Å². The van der Waals surface area contributed by atoms with Gasteiger partial charge in [0.2, 0.25) is 0 Å². The molecule has 0 aliphatic carbocycles. The summed E-state index contributed by atoms with van der Waals surface area (Å²) in [5.41, 5.74) is 1.33. The second kappa shape index (κ2) is 5.51. The highest BCUT2D eigenvalue weighted by Gasteiger charge is 2.23. The van der Waals surface area contributed by atoms with Crippen LogP contribution in [-0.2, 0) is 0 Å². The van der Waals surface area contributed by atoms with Crippen molar-refractivity contribution < 1.29 is 0 Å². The molecule has 1 saturated heterocycles. The van der Waals surface area contributed by atoms with Crippen molar-refractivity contribution in [2.45, 2.75) is 12.5 Å². The molecule has 3 heteroatoms. The van der Waals surface area contributed by atoms with Gasteiger partial charge in [0.05, 0.1) is 0 Å². The lowest BCUT2D eigenvalue weighted by Gasteiger charge is -2.20. The standard InChI is InChI=1S/C13H20BN2/c1-15(2)13-8-9-16(10-13)11-14-12-6-4-3-5-7-12/h3-7,13H,8-11H2,1-2H3. The van der Waals surface area contributed by atoms with Crippen LogP contribution in [-0.4, -0.2) is 56.8 Å². The number of hydrogen-bond acceptors (Lipinski definition) is 2. The maximum absolute atomic E-state index is 2.53. The summed E-state index contributed by atoms with van der Waals surface area (Å²) in [4.78, 5) is 4.86. The van der Waals surface area contributed by atoms with Gasteiger partial charge in [0, 0.05) is 12.6 Å². The first-order valence-corrected chi connectivity index (χ1v) is 6.03. The van der Waals surface area contributed by atoms with Gasteiger partial charge in [-0.3, -0.25) is 0 Å². The lowest BCUT2D eigenvalue weighted by atomic mass is 9.70. The number of hydrogen-bond donors (Lipinski definition) is 0. The molecule has 2 nitrogen and oxygen atoms in total. The molecule has 2 rings (SSSR count). The first-order valence-electron chi connectivity index (χ1n) is 6.03. The molecule has 1 heterocycles. The Balaban J connectivity index is 1.76. The topological polar surface area (TPSA) is 6.48 Å². The third-order valence-electron chi connectivity index (χ3n) is 3.36. The average molecular weight is 215 g/mol. The Morgan fingerprint density at radius 3 is 2.69 bits per heavy atom. The van der Waals surface area contributed by atoms with E-state index in [1.807, 2.05) is 0 Å². The molecule has 1 aromatic carbocycles. The van der Waals surface area contributed by atoms with Gasteiger partial charge >= 0.3 is 0 Å². The number of nitrogens with zero attached hydrogens (tertiary/aromatic N) is 2. The smallest absolute Gasteiger partial charge is 0.169 e. The van der Waals surface area contributed by atoms with Gasteiger partial charge in [0.25, 0.3) is 0 Å². The first kappa shape index (κ1) is 11.7. The highest BCUT2D eigenvalue weighted by Crippen LogP contribution is 2.11. The van der Waals surface area contributed by atoms with E-state index in [0.29, 0.717) is 0 Å². The molecular formula is C13H20BN2. The summed E-state index contributed by atoms with van der Waals surface area (Å²) in [6.07, 6.45) is 2.38. The minimum Gasteiger partial charge on any atom is -0.309 e. The van der Waals surface area contributed by atoms with Gasteiger partial charge in [-0.05, 0) is 33.5 Å². The van der Waals surface area contributed by atoms with Crippen LogP contribution in [0, 0.1) is 0 Å². The zero-order chi connectivity index (χ0) is 11.4. The summed E-state index contributed by atoms with van der Waals surface area (Å²) < 4.78 is 0. The van der Waals surface area contributed by atoms with Crippen LogP contribution in [0.2, 0.25) is 0 Å². The molecule has 1 aliphatic rings. The molecule has 1 aliphatic heterocycles. The second-order valence-electron chi connectivity index (χ2n) is 4.78. The summed E-state index contributed by atoms with van der Waals surface area (Å²) >= 11 is 0. The van der Waals surface area contributed by atoms with Crippen LogP contribution in [0.1, 0.15) is 6.42 Å². The SMILES string of the molecule is CN(C)C1CCN(C[B]c2ccccc2)C1. The van der Waals surface area contributed by atoms with Gasteiger partial charge in [0.15, 0.2) is 7.28 Å². The summed E-state index contributed by atoms with van der Waals surface area (Å²) in [6.45, 7) is 2.43. The van der Waals surface area contributed by atoms with E-state index in [1.54, 1.807) is 0 Å². The number of likely N-dealkylation sites (N-methyl/N-ethyl adjacent to an activating group) is 1. The van der Waals surface area contributed by atoms with E-state index in [2.05, 4.69) is 61.5 Å². The van der Waals surface area contributed by atoms with Crippen LogP contribution in [0.4, 0.5) is 0 Å². The van der Waals surface area contributed by atoms with Gasteiger partial charge in [-0.15, -0.1) is 0 Å². The largest absolute Gasteiger partial charge is 0.309 e. The Labute approximate surface area is 99.5 Å². The minimum atomic E-state index is 0.740. The third-order valence-corrected chi connectivity index (χ3v) is 3.36. The molecule has 0 spiro atoms. The molecule has 0 N–H and O–H groups in total. The Bertz CT molecular complexity index is 313. The van der Waals surface area contributed by atoms with E-state index in [0.717, 1.165) is 12.5 Å². The fourth-order valence-corrected chi connectivity index (χ4v) is 2.22. The van der Waals surface area contributed by atoms with Gasteiger partial charge in [-0.25, -0.2) is 0 Å².